The lowest BCUT2D eigenvalue weighted by Gasteiger charge is -2.12. The molecule has 0 aliphatic heterocycles. The summed E-state index contributed by atoms with van der Waals surface area (Å²) in [5.41, 5.74) is 5.54. The Morgan fingerprint density at radius 2 is 2.14 bits per heavy atom. The number of nitrogens with two attached hydrogens (primary N) is 1. The van der Waals surface area contributed by atoms with Gasteiger partial charge in [0.2, 0.25) is 5.95 Å². The Morgan fingerprint density at radius 1 is 1.43 bits per heavy atom. The van der Waals surface area contributed by atoms with Crippen LogP contribution in [0.1, 0.15) is 26.7 Å². The smallest absolute Gasteiger partial charge is 0.224 e. The first-order chi connectivity index (χ1) is 6.76. The van der Waals surface area contributed by atoms with E-state index in [1.807, 2.05) is 0 Å². The molecule has 0 fully saturated rings. The molecule has 0 bridgehead atoms. The quantitative estimate of drug-likeness (QED) is 0.751. The van der Waals surface area contributed by atoms with Crippen LogP contribution in [0.25, 0.3) is 0 Å². The summed E-state index contributed by atoms with van der Waals surface area (Å²) >= 11 is 0. The fourth-order valence-corrected chi connectivity index (χ4v) is 1.27. The lowest BCUT2D eigenvalue weighted by atomic mass is 10.0. The average Bonchev–Trinajstić information content (AvgIpc) is 2.19. The summed E-state index contributed by atoms with van der Waals surface area (Å²) in [4.78, 5) is 8.15. The molecular weight excluding hydrogens is 176 g/mol. The number of nitrogen functional groups attached to an aromatic ring is 1. The van der Waals surface area contributed by atoms with Crippen LogP contribution >= 0.6 is 0 Å². The molecule has 4 nitrogen and oxygen atoms in total. The van der Waals surface area contributed by atoms with Gasteiger partial charge in [0.1, 0.15) is 5.82 Å². The number of rotatable bonds is 5. The Bertz CT molecular complexity index is 271. The summed E-state index contributed by atoms with van der Waals surface area (Å²) in [6.45, 7) is 5.29. The first-order valence-electron chi connectivity index (χ1n) is 5.08. The molecule has 78 valence electrons. The van der Waals surface area contributed by atoms with E-state index in [0.29, 0.717) is 17.7 Å². The van der Waals surface area contributed by atoms with E-state index >= 15 is 0 Å². The summed E-state index contributed by atoms with van der Waals surface area (Å²) in [5.74, 6) is 1.81. The zero-order valence-corrected chi connectivity index (χ0v) is 8.83. The molecule has 14 heavy (non-hydrogen) atoms. The van der Waals surface area contributed by atoms with E-state index in [1.165, 1.54) is 12.8 Å². The highest BCUT2D eigenvalue weighted by Gasteiger charge is 2.03. The van der Waals surface area contributed by atoms with Crippen molar-refractivity contribution in [3.63, 3.8) is 0 Å². The maximum absolute atomic E-state index is 5.54. The number of anilines is 2. The van der Waals surface area contributed by atoms with Crippen molar-refractivity contribution in [1.29, 1.82) is 0 Å². The minimum Gasteiger partial charge on any atom is -0.384 e. The number of hydrogen-bond donors (Lipinski definition) is 2. The Balaban J connectivity index is 2.44. The van der Waals surface area contributed by atoms with Crippen molar-refractivity contribution in [3.8, 4) is 0 Å². The Kier molecular flexibility index (Phi) is 4.16. The highest BCUT2D eigenvalue weighted by molar-refractivity contribution is 5.34. The minimum absolute atomic E-state index is 0.507. The zero-order chi connectivity index (χ0) is 10.4. The SMILES string of the molecule is CCC(CC)CNc1nccc(N)n1. The summed E-state index contributed by atoms with van der Waals surface area (Å²) in [6.07, 6.45) is 4.01. The van der Waals surface area contributed by atoms with Crippen molar-refractivity contribution in [2.24, 2.45) is 5.92 Å². The molecule has 4 heteroatoms. The molecule has 1 rings (SSSR count). The Morgan fingerprint density at radius 3 is 2.71 bits per heavy atom. The summed E-state index contributed by atoms with van der Waals surface area (Å²) < 4.78 is 0. The lowest BCUT2D eigenvalue weighted by molar-refractivity contribution is 0.517. The van der Waals surface area contributed by atoms with Crippen LogP contribution < -0.4 is 11.1 Å². The molecule has 1 heterocycles. The molecular formula is C10H18N4. The van der Waals surface area contributed by atoms with Gasteiger partial charge in [-0.2, -0.15) is 4.98 Å². The molecule has 3 N–H and O–H groups in total. The topological polar surface area (TPSA) is 63.8 Å². The van der Waals surface area contributed by atoms with Gasteiger partial charge in [0, 0.05) is 12.7 Å². The van der Waals surface area contributed by atoms with E-state index in [2.05, 4.69) is 29.1 Å². The molecule has 0 saturated carbocycles. The number of nitrogens with zero attached hydrogens (tertiary/aromatic N) is 2. The zero-order valence-electron chi connectivity index (χ0n) is 8.83. The van der Waals surface area contributed by atoms with Gasteiger partial charge < -0.3 is 11.1 Å². The first kappa shape index (κ1) is 10.8. The third-order valence-corrected chi connectivity index (χ3v) is 2.38. The van der Waals surface area contributed by atoms with Gasteiger partial charge in [0.05, 0.1) is 0 Å². The van der Waals surface area contributed by atoms with Crippen LogP contribution in [0, 0.1) is 5.92 Å². The second-order valence-corrected chi connectivity index (χ2v) is 3.37. The predicted molar refractivity (Wildman–Crippen MR) is 59.0 cm³/mol. The van der Waals surface area contributed by atoms with Gasteiger partial charge in [0.25, 0.3) is 0 Å². The highest BCUT2D eigenvalue weighted by Crippen LogP contribution is 2.08. The second kappa shape index (κ2) is 5.42. The fraction of sp³-hybridized carbons (Fsp3) is 0.600. The van der Waals surface area contributed by atoms with Crippen molar-refractivity contribution >= 4 is 11.8 Å². The standard InChI is InChI=1S/C10H18N4/c1-3-8(4-2)7-13-10-12-6-5-9(11)14-10/h5-6,8H,3-4,7H2,1-2H3,(H3,11,12,13,14). The Labute approximate surface area is 85.0 Å². The van der Waals surface area contributed by atoms with Crippen LogP contribution in [0.3, 0.4) is 0 Å². The number of aromatic nitrogens is 2. The van der Waals surface area contributed by atoms with Gasteiger partial charge in [-0.1, -0.05) is 26.7 Å². The molecule has 0 amide bonds. The normalized spacial score (nSPS) is 10.5. The maximum Gasteiger partial charge on any atom is 0.224 e. The lowest BCUT2D eigenvalue weighted by Crippen LogP contribution is -2.14. The van der Waals surface area contributed by atoms with E-state index in [1.54, 1.807) is 12.3 Å². The van der Waals surface area contributed by atoms with E-state index in [4.69, 9.17) is 5.73 Å². The van der Waals surface area contributed by atoms with E-state index in [0.717, 1.165) is 6.54 Å². The molecule has 0 atom stereocenters. The Hall–Kier alpha value is -1.32. The molecule has 0 spiro atoms. The summed E-state index contributed by atoms with van der Waals surface area (Å²) in [6, 6.07) is 1.68. The average molecular weight is 194 g/mol. The van der Waals surface area contributed by atoms with Gasteiger partial charge in [-0.15, -0.1) is 0 Å². The molecule has 0 aliphatic rings. The van der Waals surface area contributed by atoms with Crippen molar-refractivity contribution in [2.75, 3.05) is 17.6 Å². The van der Waals surface area contributed by atoms with Gasteiger partial charge in [0.15, 0.2) is 0 Å². The minimum atomic E-state index is 0.507. The third-order valence-electron chi connectivity index (χ3n) is 2.38. The third kappa shape index (κ3) is 3.20. The molecule has 0 aromatic carbocycles. The van der Waals surface area contributed by atoms with Crippen molar-refractivity contribution < 1.29 is 0 Å². The van der Waals surface area contributed by atoms with Crippen LogP contribution in [-0.4, -0.2) is 16.5 Å². The monoisotopic (exact) mass is 194 g/mol. The van der Waals surface area contributed by atoms with Crippen LogP contribution in [0.5, 0.6) is 0 Å². The van der Waals surface area contributed by atoms with Crippen molar-refractivity contribution in [1.82, 2.24) is 9.97 Å². The summed E-state index contributed by atoms with van der Waals surface area (Å²) in [5, 5.41) is 3.19. The van der Waals surface area contributed by atoms with Crippen molar-refractivity contribution in [3.05, 3.63) is 12.3 Å². The van der Waals surface area contributed by atoms with Crippen molar-refractivity contribution in [2.45, 2.75) is 26.7 Å². The number of hydrogen-bond acceptors (Lipinski definition) is 4. The summed E-state index contributed by atoms with van der Waals surface area (Å²) in [7, 11) is 0. The van der Waals surface area contributed by atoms with E-state index in [-0.39, 0.29) is 0 Å². The molecule has 0 radical (unpaired) electrons. The maximum atomic E-state index is 5.54. The van der Waals surface area contributed by atoms with Crippen LogP contribution in [-0.2, 0) is 0 Å². The molecule has 0 aliphatic carbocycles. The molecule has 0 saturated heterocycles. The largest absolute Gasteiger partial charge is 0.384 e. The predicted octanol–water partition coefficient (Wildman–Crippen LogP) is 1.91. The van der Waals surface area contributed by atoms with Crippen LogP contribution in [0.15, 0.2) is 12.3 Å². The molecule has 0 unspecified atom stereocenters. The van der Waals surface area contributed by atoms with E-state index in [9.17, 15) is 0 Å². The van der Waals surface area contributed by atoms with Gasteiger partial charge in [-0.05, 0) is 12.0 Å². The second-order valence-electron chi connectivity index (χ2n) is 3.37. The van der Waals surface area contributed by atoms with Gasteiger partial charge in [-0.3, -0.25) is 0 Å². The first-order valence-corrected chi connectivity index (χ1v) is 5.08. The molecule has 1 aromatic heterocycles. The van der Waals surface area contributed by atoms with Crippen LogP contribution in [0.4, 0.5) is 11.8 Å². The van der Waals surface area contributed by atoms with E-state index < -0.39 is 0 Å². The van der Waals surface area contributed by atoms with Crippen LogP contribution in [0.2, 0.25) is 0 Å². The van der Waals surface area contributed by atoms with Gasteiger partial charge >= 0.3 is 0 Å². The number of nitrogens with one attached hydrogen (secondary N) is 1. The van der Waals surface area contributed by atoms with Gasteiger partial charge in [-0.25, -0.2) is 4.98 Å². The highest BCUT2D eigenvalue weighted by atomic mass is 15.1. The fourth-order valence-electron chi connectivity index (χ4n) is 1.27. The molecule has 1 aromatic rings.